The van der Waals surface area contributed by atoms with Crippen LogP contribution in [0.25, 0.3) is 0 Å². The van der Waals surface area contributed by atoms with Gasteiger partial charge in [-0.15, -0.1) is 0 Å². The zero-order chi connectivity index (χ0) is 13.2. The molecule has 17 heavy (non-hydrogen) atoms. The Morgan fingerprint density at radius 3 is 2.41 bits per heavy atom. The maximum absolute atomic E-state index is 11.9. The molecule has 94 valence electrons. The minimum Gasteiger partial charge on any atom is -0.591 e. The zero-order valence-corrected chi connectivity index (χ0v) is 12.4. The highest BCUT2D eigenvalue weighted by atomic mass is 35.5. The molecule has 0 saturated heterocycles. The van der Waals surface area contributed by atoms with Gasteiger partial charge in [-0.3, -0.25) is 0 Å². The van der Waals surface area contributed by atoms with Gasteiger partial charge in [0.2, 0.25) is 0 Å². The molecule has 1 rings (SSSR count). The predicted octanol–water partition coefficient (Wildman–Crippen LogP) is 3.66. The van der Waals surface area contributed by atoms with Gasteiger partial charge in [-0.2, -0.15) is 0 Å². The SMILES string of the molecule is CC(=N[S+]([O-])C(C)(C)C)c1ccc(Cl)nc1Cl. The largest absolute Gasteiger partial charge is 0.591 e. The van der Waals surface area contributed by atoms with Gasteiger partial charge in [-0.05, 0) is 39.8 Å². The molecule has 0 radical (unpaired) electrons. The van der Waals surface area contributed by atoms with E-state index < -0.39 is 16.1 Å². The van der Waals surface area contributed by atoms with Crippen molar-refractivity contribution < 1.29 is 4.55 Å². The summed E-state index contributed by atoms with van der Waals surface area (Å²) in [5, 5.41) is 0.591. The van der Waals surface area contributed by atoms with Crippen LogP contribution in [0.4, 0.5) is 0 Å². The third kappa shape index (κ3) is 4.14. The molecule has 0 saturated carbocycles. The van der Waals surface area contributed by atoms with Gasteiger partial charge < -0.3 is 4.55 Å². The first kappa shape index (κ1) is 14.8. The van der Waals surface area contributed by atoms with E-state index >= 15 is 0 Å². The minimum absolute atomic E-state index is 0.268. The second kappa shape index (κ2) is 5.57. The van der Waals surface area contributed by atoms with Crippen molar-refractivity contribution in [2.24, 2.45) is 4.40 Å². The van der Waals surface area contributed by atoms with Crippen LogP contribution in [0.15, 0.2) is 16.5 Å². The van der Waals surface area contributed by atoms with E-state index in [2.05, 4.69) is 9.38 Å². The number of nitrogens with zero attached hydrogens (tertiary/aromatic N) is 2. The van der Waals surface area contributed by atoms with E-state index in [9.17, 15) is 4.55 Å². The first-order valence-electron chi connectivity index (χ1n) is 5.01. The Morgan fingerprint density at radius 1 is 1.35 bits per heavy atom. The summed E-state index contributed by atoms with van der Waals surface area (Å²) in [7, 11) is 0. The summed E-state index contributed by atoms with van der Waals surface area (Å²) in [6.07, 6.45) is 0. The average Bonchev–Trinajstić information content (AvgIpc) is 2.15. The molecular formula is C11H14Cl2N2OS. The molecule has 0 N–H and O–H groups in total. The average molecular weight is 293 g/mol. The van der Waals surface area contributed by atoms with E-state index in [1.165, 1.54) is 0 Å². The maximum atomic E-state index is 11.9. The first-order valence-corrected chi connectivity index (χ1v) is 6.88. The summed E-state index contributed by atoms with van der Waals surface area (Å²) in [5.41, 5.74) is 1.24. The molecule has 0 amide bonds. The third-order valence-corrected chi connectivity index (χ3v) is 3.93. The molecule has 6 heteroatoms. The summed E-state index contributed by atoms with van der Waals surface area (Å²) < 4.78 is 15.6. The van der Waals surface area contributed by atoms with Crippen molar-refractivity contribution in [3.63, 3.8) is 0 Å². The van der Waals surface area contributed by atoms with Crippen molar-refractivity contribution in [3.8, 4) is 0 Å². The molecule has 0 aliphatic heterocycles. The molecule has 1 heterocycles. The molecule has 3 nitrogen and oxygen atoms in total. The maximum Gasteiger partial charge on any atom is 0.144 e. The van der Waals surface area contributed by atoms with Gasteiger partial charge in [-0.25, -0.2) is 4.98 Å². The topological polar surface area (TPSA) is 48.3 Å². The Hall–Kier alpha value is -0.290. The standard InChI is InChI=1S/C11H14Cl2N2OS/c1-7(15-17(16)11(2,3)4)8-5-6-9(12)14-10(8)13/h5-6H,1-4H3. The van der Waals surface area contributed by atoms with E-state index in [4.69, 9.17) is 23.2 Å². The Labute approximate surface area is 115 Å². The van der Waals surface area contributed by atoms with Crippen molar-refractivity contribution in [1.82, 2.24) is 4.98 Å². The minimum atomic E-state index is -1.31. The fourth-order valence-electron chi connectivity index (χ4n) is 0.992. The van der Waals surface area contributed by atoms with E-state index in [-0.39, 0.29) is 5.15 Å². The number of halogens is 2. The van der Waals surface area contributed by atoms with E-state index in [1.807, 2.05) is 20.8 Å². The fraction of sp³-hybridized carbons (Fsp3) is 0.455. The molecule has 0 spiro atoms. The van der Waals surface area contributed by atoms with Crippen molar-refractivity contribution in [3.05, 3.63) is 28.0 Å². The van der Waals surface area contributed by atoms with Crippen LogP contribution in [0.2, 0.25) is 10.3 Å². The number of aromatic nitrogens is 1. The molecule has 1 unspecified atom stereocenters. The van der Waals surface area contributed by atoms with Crippen LogP contribution < -0.4 is 0 Å². The lowest BCUT2D eigenvalue weighted by Gasteiger charge is -2.18. The number of hydrogen-bond donors (Lipinski definition) is 0. The summed E-state index contributed by atoms with van der Waals surface area (Å²) in [4.78, 5) is 3.92. The summed E-state index contributed by atoms with van der Waals surface area (Å²) in [5.74, 6) is 0. The van der Waals surface area contributed by atoms with Crippen LogP contribution in [0.1, 0.15) is 33.3 Å². The van der Waals surface area contributed by atoms with Crippen LogP contribution in [0.5, 0.6) is 0 Å². The van der Waals surface area contributed by atoms with Crippen molar-refractivity contribution in [2.45, 2.75) is 32.4 Å². The molecule has 0 aliphatic rings. The zero-order valence-electron chi connectivity index (χ0n) is 10.1. The van der Waals surface area contributed by atoms with Gasteiger partial charge in [0.1, 0.15) is 26.4 Å². The van der Waals surface area contributed by atoms with Crippen molar-refractivity contribution in [2.75, 3.05) is 0 Å². The smallest absolute Gasteiger partial charge is 0.144 e. The van der Waals surface area contributed by atoms with Gasteiger partial charge in [0.25, 0.3) is 0 Å². The highest BCUT2D eigenvalue weighted by molar-refractivity contribution is 7.91. The molecule has 0 bridgehead atoms. The molecule has 1 atom stereocenters. The molecule has 0 fully saturated rings. The van der Waals surface area contributed by atoms with Crippen LogP contribution >= 0.6 is 23.2 Å². The van der Waals surface area contributed by atoms with E-state index in [1.54, 1.807) is 19.1 Å². The molecule has 1 aromatic rings. The molecular weight excluding hydrogens is 279 g/mol. The van der Waals surface area contributed by atoms with Crippen LogP contribution in [-0.4, -0.2) is 20.0 Å². The first-order chi connectivity index (χ1) is 7.71. The number of rotatable bonds is 2. The van der Waals surface area contributed by atoms with Gasteiger partial charge in [0, 0.05) is 5.56 Å². The lowest BCUT2D eigenvalue weighted by atomic mass is 10.2. The summed E-state index contributed by atoms with van der Waals surface area (Å²) in [6.45, 7) is 7.34. The lowest BCUT2D eigenvalue weighted by Crippen LogP contribution is -2.26. The second-order valence-corrected chi connectivity index (χ2v) is 7.16. The highest BCUT2D eigenvalue weighted by Gasteiger charge is 2.27. The van der Waals surface area contributed by atoms with E-state index in [0.717, 1.165) is 0 Å². The number of pyridine rings is 1. The fourth-order valence-corrected chi connectivity index (χ4v) is 2.09. The third-order valence-electron chi connectivity index (χ3n) is 1.95. The molecule has 0 aromatic carbocycles. The van der Waals surface area contributed by atoms with E-state index in [0.29, 0.717) is 16.4 Å². The summed E-state index contributed by atoms with van der Waals surface area (Å²) >= 11 is 10.3. The van der Waals surface area contributed by atoms with Crippen molar-refractivity contribution in [1.29, 1.82) is 0 Å². The van der Waals surface area contributed by atoms with Gasteiger partial charge in [-0.1, -0.05) is 27.6 Å². The quantitative estimate of drug-likeness (QED) is 0.474. The summed E-state index contributed by atoms with van der Waals surface area (Å²) in [6, 6.07) is 3.35. The van der Waals surface area contributed by atoms with Gasteiger partial charge in [0.05, 0.1) is 5.71 Å². The normalized spacial score (nSPS) is 14.9. The Bertz CT molecular complexity index is 444. The Kier molecular flexibility index (Phi) is 4.84. The van der Waals surface area contributed by atoms with Crippen LogP contribution in [0.3, 0.4) is 0 Å². The Balaban J connectivity index is 3.04. The second-order valence-electron chi connectivity index (χ2n) is 4.51. The highest BCUT2D eigenvalue weighted by Crippen LogP contribution is 2.21. The van der Waals surface area contributed by atoms with Crippen LogP contribution in [-0.2, 0) is 11.4 Å². The lowest BCUT2D eigenvalue weighted by molar-refractivity contribution is 0.561. The van der Waals surface area contributed by atoms with Crippen LogP contribution in [0, 0.1) is 0 Å². The van der Waals surface area contributed by atoms with Gasteiger partial charge in [0.15, 0.2) is 0 Å². The molecule has 0 aliphatic carbocycles. The van der Waals surface area contributed by atoms with Crippen molar-refractivity contribution >= 4 is 40.3 Å². The predicted molar refractivity (Wildman–Crippen MR) is 74.4 cm³/mol. The van der Waals surface area contributed by atoms with Gasteiger partial charge >= 0.3 is 0 Å². The monoisotopic (exact) mass is 292 g/mol. The Morgan fingerprint density at radius 2 is 1.94 bits per heavy atom. The molecule has 1 aromatic heterocycles. The number of hydrogen-bond acceptors (Lipinski definition) is 3.